The van der Waals surface area contributed by atoms with Crippen LogP contribution in [-0.4, -0.2) is 41.5 Å². The molecule has 0 saturated carbocycles. The van der Waals surface area contributed by atoms with E-state index in [4.69, 9.17) is 4.74 Å². The van der Waals surface area contributed by atoms with Crippen molar-refractivity contribution in [3.05, 3.63) is 41.0 Å². The molecule has 0 bridgehead atoms. The zero-order valence-electron chi connectivity index (χ0n) is 15.3. The van der Waals surface area contributed by atoms with Crippen LogP contribution in [-0.2, 0) is 11.3 Å². The van der Waals surface area contributed by atoms with Gasteiger partial charge in [0.05, 0.1) is 11.3 Å². The second-order valence-corrected chi connectivity index (χ2v) is 7.04. The highest BCUT2D eigenvalue weighted by Gasteiger charge is 2.30. The molecule has 0 saturated heterocycles. The number of hydrogen-bond acceptors (Lipinski definition) is 3. The molecule has 2 amide bonds. The van der Waals surface area contributed by atoms with E-state index in [2.05, 4.69) is 0 Å². The minimum atomic E-state index is -0.572. The summed E-state index contributed by atoms with van der Waals surface area (Å²) in [4.78, 5) is 28.1. The Labute approximate surface area is 143 Å². The molecule has 1 aliphatic heterocycles. The summed E-state index contributed by atoms with van der Waals surface area (Å²) >= 11 is 0. The number of fused-ring (bicyclic) bond motifs is 1. The lowest BCUT2D eigenvalue weighted by atomic mass is 9.99. The molecule has 5 heteroatoms. The fourth-order valence-corrected chi connectivity index (χ4v) is 2.77. The first-order valence-electron chi connectivity index (χ1n) is 8.20. The van der Waals surface area contributed by atoms with Crippen LogP contribution in [0.25, 0.3) is 5.70 Å². The molecule has 24 heavy (non-hydrogen) atoms. The molecule has 5 nitrogen and oxygen atoms in total. The minimum Gasteiger partial charge on any atom is -0.443 e. The lowest BCUT2D eigenvalue weighted by molar-refractivity contribution is 0.0387. The van der Waals surface area contributed by atoms with Crippen LogP contribution in [0, 0.1) is 0 Å². The van der Waals surface area contributed by atoms with E-state index in [-0.39, 0.29) is 5.91 Å². The first-order valence-corrected chi connectivity index (χ1v) is 8.20. The third-order valence-electron chi connectivity index (χ3n) is 3.82. The van der Waals surface area contributed by atoms with Gasteiger partial charge in [0.15, 0.2) is 0 Å². The van der Waals surface area contributed by atoms with Gasteiger partial charge in [-0.3, -0.25) is 9.69 Å². The molecule has 1 aromatic carbocycles. The predicted molar refractivity (Wildman–Crippen MR) is 94.5 cm³/mol. The van der Waals surface area contributed by atoms with Crippen LogP contribution in [0.2, 0.25) is 0 Å². The number of benzene rings is 1. The van der Waals surface area contributed by atoms with Gasteiger partial charge in [-0.25, -0.2) is 4.79 Å². The van der Waals surface area contributed by atoms with Crippen LogP contribution in [0.15, 0.2) is 24.3 Å². The SMILES string of the molecule is CC/C=C(/c1cccc2c1C(=O)N(C)C2)N(C)C(=O)OC(C)(C)C. The molecular weight excluding hydrogens is 304 g/mol. The van der Waals surface area contributed by atoms with Crippen molar-refractivity contribution in [2.24, 2.45) is 0 Å². The molecule has 130 valence electrons. The highest BCUT2D eigenvalue weighted by Crippen LogP contribution is 2.31. The van der Waals surface area contributed by atoms with Crippen molar-refractivity contribution in [2.45, 2.75) is 46.3 Å². The fraction of sp³-hybridized carbons (Fsp3) is 0.474. The summed E-state index contributed by atoms with van der Waals surface area (Å²) in [7, 11) is 3.46. The molecule has 0 fully saturated rings. The summed E-state index contributed by atoms with van der Waals surface area (Å²) in [5.41, 5.74) is 2.57. The Bertz CT molecular complexity index is 686. The van der Waals surface area contributed by atoms with Crippen LogP contribution in [0.1, 0.15) is 55.6 Å². The maximum Gasteiger partial charge on any atom is 0.414 e. The Kier molecular flexibility index (Phi) is 5.02. The molecule has 0 radical (unpaired) electrons. The summed E-state index contributed by atoms with van der Waals surface area (Å²) in [6, 6.07) is 5.77. The van der Waals surface area contributed by atoms with Gasteiger partial charge in [-0.15, -0.1) is 0 Å². The first kappa shape index (κ1) is 18.0. The highest BCUT2D eigenvalue weighted by molar-refractivity contribution is 6.03. The zero-order valence-corrected chi connectivity index (χ0v) is 15.3. The maximum atomic E-state index is 12.5. The molecule has 0 atom stereocenters. The summed E-state index contributed by atoms with van der Waals surface area (Å²) in [5.74, 6) is -0.0137. The van der Waals surface area contributed by atoms with Gasteiger partial charge in [-0.05, 0) is 32.8 Å². The first-order chi connectivity index (χ1) is 11.2. The van der Waals surface area contributed by atoms with Gasteiger partial charge >= 0.3 is 6.09 Å². The molecule has 0 unspecified atom stereocenters. The van der Waals surface area contributed by atoms with Crippen molar-refractivity contribution < 1.29 is 14.3 Å². The van der Waals surface area contributed by atoms with Gasteiger partial charge in [0.25, 0.3) is 5.91 Å². The van der Waals surface area contributed by atoms with Gasteiger partial charge in [0, 0.05) is 26.2 Å². The second-order valence-electron chi connectivity index (χ2n) is 7.04. The lowest BCUT2D eigenvalue weighted by Crippen LogP contribution is -2.33. The zero-order chi connectivity index (χ0) is 18.1. The minimum absolute atomic E-state index is 0.0137. The Morgan fingerprint density at radius 3 is 2.62 bits per heavy atom. The normalized spacial score (nSPS) is 14.7. The number of rotatable bonds is 3. The Balaban J connectivity index is 2.44. The monoisotopic (exact) mass is 330 g/mol. The van der Waals surface area contributed by atoms with Gasteiger partial charge in [0.2, 0.25) is 0 Å². The van der Waals surface area contributed by atoms with Crippen molar-refractivity contribution in [3.8, 4) is 0 Å². The maximum absolute atomic E-state index is 12.5. The van der Waals surface area contributed by atoms with Crippen LogP contribution in [0.3, 0.4) is 0 Å². The molecule has 1 aliphatic rings. The molecule has 0 aromatic heterocycles. The number of allylic oxidation sites excluding steroid dienone is 1. The van der Waals surface area contributed by atoms with Crippen molar-refractivity contribution in [1.82, 2.24) is 9.80 Å². The standard InChI is InChI=1S/C19H26N2O3/c1-7-9-15(21(6)18(23)24-19(2,3)4)14-11-8-10-13-12-20(5)17(22)16(13)14/h8-11H,7,12H2,1-6H3/b15-9-. The number of ether oxygens (including phenoxy) is 1. The Morgan fingerprint density at radius 1 is 1.38 bits per heavy atom. The van der Waals surface area contributed by atoms with E-state index in [1.165, 1.54) is 4.90 Å². The predicted octanol–water partition coefficient (Wildman–Crippen LogP) is 3.89. The third-order valence-corrected chi connectivity index (χ3v) is 3.82. The topological polar surface area (TPSA) is 49.9 Å². The molecule has 1 aromatic rings. The van der Waals surface area contributed by atoms with E-state index in [0.29, 0.717) is 17.8 Å². The van der Waals surface area contributed by atoms with Crippen LogP contribution < -0.4 is 0 Å². The number of carbonyl (C=O) groups is 2. The Hall–Kier alpha value is -2.30. The molecule has 0 spiro atoms. The largest absolute Gasteiger partial charge is 0.443 e. The Morgan fingerprint density at radius 2 is 2.04 bits per heavy atom. The molecule has 2 rings (SSSR count). The average molecular weight is 330 g/mol. The van der Waals surface area contributed by atoms with Gasteiger partial charge in [-0.2, -0.15) is 0 Å². The summed E-state index contributed by atoms with van der Waals surface area (Å²) in [6.07, 6.45) is 2.26. The molecule has 0 aliphatic carbocycles. The van der Waals surface area contributed by atoms with E-state index in [9.17, 15) is 9.59 Å². The van der Waals surface area contributed by atoms with E-state index in [0.717, 1.165) is 17.5 Å². The quantitative estimate of drug-likeness (QED) is 0.845. The second kappa shape index (κ2) is 6.67. The van der Waals surface area contributed by atoms with E-state index in [1.807, 2.05) is 52.0 Å². The number of hydrogen-bond donors (Lipinski definition) is 0. The molecular formula is C19H26N2O3. The highest BCUT2D eigenvalue weighted by atomic mass is 16.6. The smallest absolute Gasteiger partial charge is 0.414 e. The summed E-state index contributed by atoms with van der Waals surface area (Å²) in [6.45, 7) is 8.10. The van der Waals surface area contributed by atoms with Crippen molar-refractivity contribution >= 4 is 17.7 Å². The summed E-state index contributed by atoms with van der Waals surface area (Å²) in [5, 5.41) is 0. The molecule has 0 N–H and O–H groups in total. The van der Waals surface area contributed by atoms with E-state index >= 15 is 0 Å². The van der Waals surface area contributed by atoms with Crippen LogP contribution in [0.4, 0.5) is 4.79 Å². The van der Waals surface area contributed by atoms with Crippen LogP contribution in [0.5, 0.6) is 0 Å². The number of carbonyl (C=O) groups excluding carboxylic acids is 2. The van der Waals surface area contributed by atoms with Gasteiger partial charge in [-0.1, -0.05) is 31.2 Å². The van der Waals surface area contributed by atoms with Crippen molar-refractivity contribution in [3.63, 3.8) is 0 Å². The van der Waals surface area contributed by atoms with E-state index in [1.54, 1.807) is 19.0 Å². The lowest BCUT2D eigenvalue weighted by Gasteiger charge is -2.27. The van der Waals surface area contributed by atoms with Crippen molar-refractivity contribution in [2.75, 3.05) is 14.1 Å². The number of amides is 2. The number of nitrogens with zero attached hydrogens (tertiary/aromatic N) is 2. The van der Waals surface area contributed by atoms with Crippen LogP contribution >= 0.6 is 0 Å². The van der Waals surface area contributed by atoms with Crippen molar-refractivity contribution in [1.29, 1.82) is 0 Å². The van der Waals surface area contributed by atoms with Gasteiger partial charge < -0.3 is 9.64 Å². The molecule has 1 heterocycles. The van der Waals surface area contributed by atoms with Gasteiger partial charge in [0.1, 0.15) is 5.60 Å². The van der Waals surface area contributed by atoms with E-state index < -0.39 is 11.7 Å². The fourth-order valence-electron chi connectivity index (χ4n) is 2.77. The summed E-state index contributed by atoms with van der Waals surface area (Å²) < 4.78 is 5.47. The third kappa shape index (κ3) is 3.61. The average Bonchev–Trinajstić information content (AvgIpc) is 2.77.